The van der Waals surface area contributed by atoms with Gasteiger partial charge in [-0.3, -0.25) is 14.3 Å². The molecule has 8 heteroatoms. The van der Waals surface area contributed by atoms with E-state index >= 15 is 0 Å². The number of carbonyl (C=O) groups excluding carboxylic acids is 2. The van der Waals surface area contributed by atoms with Crippen LogP contribution in [0.15, 0.2) is 66.3 Å². The Kier molecular flexibility index (Phi) is 6.45. The molecule has 7 nitrogen and oxygen atoms in total. The van der Waals surface area contributed by atoms with E-state index in [9.17, 15) is 19.2 Å². The Balaban J connectivity index is 1.52. The molecule has 37 heavy (non-hydrogen) atoms. The molecule has 0 bridgehead atoms. The summed E-state index contributed by atoms with van der Waals surface area (Å²) in [5, 5.41) is 16.9. The molecule has 2 aliphatic rings. The molecule has 1 unspecified atom stereocenters. The number of rotatable bonds is 5. The number of amides is 2. The van der Waals surface area contributed by atoms with Crippen molar-refractivity contribution in [2.24, 2.45) is 0 Å². The van der Waals surface area contributed by atoms with E-state index in [0.717, 1.165) is 16.8 Å². The number of carbonyl (C=O) groups is 2. The highest BCUT2D eigenvalue weighted by Gasteiger charge is 2.35. The molecular weight excluding hydrogens is 469 g/mol. The second-order valence-electron chi connectivity index (χ2n) is 9.53. The van der Waals surface area contributed by atoms with Crippen LogP contribution in [0.3, 0.4) is 0 Å². The van der Waals surface area contributed by atoms with Crippen LogP contribution in [0, 0.1) is 24.1 Å². The van der Waals surface area contributed by atoms with Crippen LogP contribution in [0.5, 0.6) is 0 Å². The lowest BCUT2D eigenvalue weighted by atomic mass is 9.95. The van der Waals surface area contributed by atoms with Crippen LogP contribution in [0.25, 0.3) is 0 Å². The Morgan fingerprint density at radius 3 is 2.81 bits per heavy atom. The zero-order valence-corrected chi connectivity index (χ0v) is 20.7. The van der Waals surface area contributed by atoms with Crippen LogP contribution < -0.4 is 5.32 Å². The second kappa shape index (κ2) is 9.86. The Labute approximate surface area is 214 Å². The molecule has 1 N–H and O–H groups in total. The summed E-state index contributed by atoms with van der Waals surface area (Å²) in [6.45, 7) is 4.97. The quantitative estimate of drug-likeness (QED) is 0.549. The molecule has 1 aliphatic carbocycles. The van der Waals surface area contributed by atoms with E-state index in [1.54, 1.807) is 15.6 Å². The number of aryl methyl sites for hydroxylation is 1. The minimum Gasteiger partial charge on any atom is -0.334 e. The molecule has 0 radical (unpaired) electrons. The van der Waals surface area contributed by atoms with E-state index in [4.69, 9.17) is 0 Å². The summed E-state index contributed by atoms with van der Waals surface area (Å²) in [4.78, 5) is 28.4. The van der Waals surface area contributed by atoms with Gasteiger partial charge in [0, 0.05) is 35.0 Å². The number of nitrogens with zero attached hydrogens (tertiary/aromatic N) is 4. The Bertz CT molecular complexity index is 1510. The highest BCUT2D eigenvalue weighted by Crippen LogP contribution is 2.33. The highest BCUT2D eigenvalue weighted by molar-refractivity contribution is 6.04. The van der Waals surface area contributed by atoms with Gasteiger partial charge in [-0.2, -0.15) is 10.4 Å². The van der Waals surface area contributed by atoms with Crippen molar-refractivity contribution < 1.29 is 14.0 Å². The maximum atomic E-state index is 13.9. The molecule has 186 valence electrons. The van der Waals surface area contributed by atoms with Gasteiger partial charge in [-0.15, -0.1) is 0 Å². The van der Waals surface area contributed by atoms with Gasteiger partial charge < -0.3 is 10.2 Å². The third-order valence-corrected chi connectivity index (χ3v) is 6.71. The molecule has 2 amide bonds. The number of nitrogens with one attached hydrogen (secondary N) is 1. The lowest BCUT2D eigenvalue weighted by Gasteiger charge is -2.32. The minimum atomic E-state index is -0.579. The number of aromatic nitrogens is 2. The third kappa shape index (κ3) is 4.81. The SMILES string of the molecule is Cc1cccc(NC(=O)c2nn(Cc3ccc(F)c(C#N)c3)c3c2CN(C(=O)C2=CC=CC2)CC3C)c1. The molecule has 1 aromatic heterocycles. The number of allylic oxidation sites excluding steroid dienone is 3. The average Bonchev–Trinajstić information content (AvgIpc) is 3.54. The van der Waals surface area contributed by atoms with Gasteiger partial charge in [-0.1, -0.05) is 43.4 Å². The summed E-state index contributed by atoms with van der Waals surface area (Å²) in [6.07, 6.45) is 6.26. The van der Waals surface area contributed by atoms with Gasteiger partial charge in [0.2, 0.25) is 5.91 Å². The summed E-state index contributed by atoms with van der Waals surface area (Å²) in [5.74, 6) is -1.07. The van der Waals surface area contributed by atoms with E-state index in [-0.39, 0.29) is 42.1 Å². The van der Waals surface area contributed by atoms with Crippen LogP contribution in [-0.2, 0) is 17.9 Å². The van der Waals surface area contributed by atoms with E-state index in [0.29, 0.717) is 29.8 Å². The van der Waals surface area contributed by atoms with Crippen molar-refractivity contribution in [3.05, 3.63) is 106 Å². The van der Waals surface area contributed by atoms with E-state index in [2.05, 4.69) is 10.4 Å². The van der Waals surface area contributed by atoms with Gasteiger partial charge in [0.25, 0.3) is 5.91 Å². The summed E-state index contributed by atoms with van der Waals surface area (Å²) < 4.78 is 15.6. The van der Waals surface area contributed by atoms with Crippen LogP contribution in [0.4, 0.5) is 10.1 Å². The number of hydrogen-bond acceptors (Lipinski definition) is 4. The lowest BCUT2D eigenvalue weighted by Crippen LogP contribution is -2.39. The smallest absolute Gasteiger partial charge is 0.276 e. The number of anilines is 1. The fourth-order valence-electron chi connectivity index (χ4n) is 5.00. The monoisotopic (exact) mass is 495 g/mol. The first kappa shape index (κ1) is 24.2. The molecule has 0 spiro atoms. The van der Waals surface area contributed by atoms with Gasteiger partial charge in [-0.25, -0.2) is 4.39 Å². The van der Waals surface area contributed by atoms with E-state index in [1.807, 2.05) is 62.4 Å². The first-order valence-electron chi connectivity index (χ1n) is 12.1. The maximum Gasteiger partial charge on any atom is 0.276 e. The number of nitriles is 1. The van der Waals surface area contributed by atoms with Crippen molar-refractivity contribution in [1.82, 2.24) is 14.7 Å². The van der Waals surface area contributed by atoms with Crippen LogP contribution >= 0.6 is 0 Å². The molecule has 1 aliphatic heterocycles. The summed E-state index contributed by atoms with van der Waals surface area (Å²) in [6, 6.07) is 13.7. The molecule has 1 atom stereocenters. The van der Waals surface area contributed by atoms with Gasteiger partial charge >= 0.3 is 0 Å². The van der Waals surface area contributed by atoms with Crippen molar-refractivity contribution in [3.63, 3.8) is 0 Å². The molecule has 0 fully saturated rings. The maximum absolute atomic E-state index is 13.9. The van der Waals surface area contributed by atoms with Gasteiger partial charge in [-0.05, 0) is 48.7 Å². The van der Waals surface area contributed by atoms with Crippen molar-refractivity contribution in [3.8, 4) is 6.07 Å². The molecule has 3 aromatic rings. The zero-order chi connectivity index (χ0) is 26.1. The van der Waals surface area contributed by atoms with Crippen LogP contribution in [0.1, 0.15) is 57.7 Å². The summed E-state index contributed by atoms with van der Waals surface area (Å²) in [7, 11) is 0. The number of benzene rings is 2. The second-order valence-corrected chi connectivity index (χ2v) is 9.53. The molecule has 5 rings (SSSR count). The average molecular weight is 496 g/mol. The van der Waals surface area contributed by atoms with E-state index < -0.39 is 5.82 Å². The molecule has 0 saturated carbocycles. The topological polar surface area (TPSA) is 91.0 Å². The van der Waals surface area contributed by atoms with Crippen molar-refractivity contribution >= 4 is 17.5 Å². The van der Waals surface area contributed by atoms with Crippen molar-refractivity contribution in [2.45, 2.75) is 39.3 Å². The number of fused-ring (bicyclic) bond motifs is 1. The van der Waals surface area contributed by atoms with Gasteiger partial charge in [0.15, 0.2) is 5.69 Å². The molecule has 0 saturated heterocycles. The molecule has 2 heterocycles. The predicted octanol–water partition coefficient (Wildman–Crippen LogP) is 4.83. The van der Waals surface area contributed by atoms with Gasteiger partial charge in [0.1, 0.15) is 11.9 Å². The Morgan fingerprint density at radius 1 is 1.24 bits per heavy atom. The largest absolute Gasteiger partial charge is 0.334 e. The first-order chi connectivity index (χ1) is 17.8. The third-order valence-electron chi connectivity index (χ3n) is 6.71. The summed E-state index contributed by atoms with van der Waals surface area (Å²) in [5.41, 5.74) is 4.86. The Morgan fingerprint density at radius 2 is 2.08 bits per heavy atom. The fourth-order valence-corrected chi connectivity index (χ4v) is 5.00. The molecular formula is C29H26FN5O2. The van der Waals surface area contributed by atoms with Crippen molar-refractivity contribution in [1.29, 1.82) is 5.26 Å². The minimum absolute atomic E-state index is 0.0424. The van der Waals surface area contributed by atoms with Crippen LogP contribution in [-0.4, -0.2) is 33.0 Å². The van der Waals surface area contributed by atoms with Crippen LogP contribution in [0.2, 0.25) is 0 Å². The lowest BCUT2D eigenvalue weighted by molar-refractivity contribution is -0.128. The van der Waals surface area contributed by atoms with E-state index in [1.165, 1.54) is 12.1 Å². The number of halogens is 1. The van der Waals surface area contributed by atoms with Gasteiger partial charge in [0.05, 0.1) is 18.7 Å². The standard InChI is InChI=1S/C29H26FN5O2/c1-18-6-5-9-23(12-18)32-28(36)26-24-17-34(29(37)21-7-3-4-8-21)15-19(2)27(24)35(33-26)16-20-10-11-25(30)22(13-20)14-31/h3-7,9-13,19H,8,15-17H2,1-2H3,(H,32,36). The first-order valence-corrected chi connectivity index (χ1v) is 12.1. The predicted molar refractivity (Wildman–Crippen MR) is 137 cm³/mol. The number of hydrogen-bond donors (Lipinski definition) is 1. The summed E-state index contributed by atoms with van der Waals surface area (Å²) >= 11 is 0. The fraction of sp³-hybridized carbons (Fsp3) is 0.241. The Hall–Kier alpha value is -4.51. The molecule has 2 aromatic carbocycles. The highest BCUT2D eigenvalue weighted by atomic mass is 19.1. The zero-order valence-electron chi connectivity index (χ0n) is 20.7. The normalized spacial score (nSPS) is 16.2. The van der Waals surface area contributed by atoms with Crippen molar-refractivity contribution in [2.75, 3.05) is 11.9 Å².